The number of esters is 1. The summed E-state index contributed by atoms with van der Waals surface area (Å²) in [5, 5.41) is 0.378. The van der Waals surface area contributed by atoms with Crippen molar-refractivity contribution >= 4 is 39.3 Å². The molecule has 0 bridgehead atoms. The average Bonchev–Trinajstić information content (AvgIpc) is 2.90. The zero-order chi connectivity index (χ0) is 21.9. The molecule has 7 nitrogen and oxygen atoms in total. The predicted octanol–water partition coefficient (Wildman–Crippen LogP) is 3.01. The van der Waals surface area contributed by atoms with Crippen molar-refractivity contribution < 1.29 is 22.7 Å². The standard InChI is InChI=1S/C21H24N2O5S2/c1-15-12-13-23(18-6-4-5-7-19(18)29-15)20(24)14-28-21(25)16-8-10-17(11-9-16)30(26,27)22(2)3/h4-11,15H,12-14H2,1-3H3/t15-/m0/s1. The normalized spacial score (nSPS) is 16.7. The van der Waals surface area contributed by atoms with Crippen molar-refractivity contribution in [3.63, 3.8) is 0 Å². The molecular weight excluding hydrogens is 424 g/mol. The third-order valence-electron chi connectivity index (χ3n) is 4.74. The van der Waals surface area contributed by atoms with Gasteiger partial charge in [-0.3, -0.25) is 4.79 Å². The molecule has 0 saturated carbocycles. The third-order valence-corrected chi connectivity index (χ3v) is 7.81. The van der Waals surface area contributed by atoms with Gasteiger partial charge in [0.05, 0.1) is 16.1 Å². The van der Waals surface area contributed by atoms with Crippen LogP contribution in [0.15, 0.2) is 58.3 Å². The summed E-state index contributed by atoms with van der Waals surface area (Å²) in [6.07, 6.45) is 0.834. The van der Waals surface area contributed by atoms with Gasteiger partial charge in [0.1, 0.15) is 0 Å². The number of ether oxygens (including phenoxy) is 1. The molecule has 0 radical (unpaired) electrons. The van der Waals surface area contributed by atoms with E-state index in [1.165, 1.54) is 38.4 Å². The molecule has 9 heteroatoms. The third kappa shape index (κ3) is 4.85. The topological polar surface area (TPSA) is 84.0 Å². The van der Waals surface area contributed by atoms with Gasteiger partial charge in [-0.05, 0) is 42.8 Å². The summed E-state index contributed by atoms with van der Waals surface area (Å²) in [7, 11) is -0.710. The van der Waals surface area contributed by atoms with Crippen molar-refractivity contribution in [3.8, 4) is 0 Å². The molecule has 0 fully saturated rings. The first kappa shape index (κ1) is 22.3. The summed E-state index contributed by atoms with van der Waals surface area (Å²) in [5.41, 5.74) is 1.01. The lowest BCUT2D eigenvalue weighted by Crippen LogP contribution is -2.35. The van der Waals surface area contributed by atoms with E-state index in [2.05, 4.69) is 6.92 Å². The number of carbonyl (C=O) groups is 2. The van der Waals surface area contributed by atoms with E-state index >= 15 is 0 Å². The molecule has 0 saturated heterocycles. The van der Waals surface area contributed by atoms with Crippen molar-refractivity contribution in [2.24, 2.45) is 0 Å². The molecule has 3 rings (SSSR count). The monoisotopic (exact) mass is 448 g/mol. The van der Waals surface area contributed by atoms with E-state index in [9.17, 15) is 18.0 Å². The van der Waals surface area contributed by atoms with Crippen molar-refractivity contribution in [3.05, 3.63) is 54.1 Å². The molecule has 160 valence electrons. The Kier molecular flexibility index (Phi) is 6.84. The molecule has 1 amide bonds. The number of benzene rings is 2. The van der Waals surface area contributed by atoms with Gasteiger partial charge in [-0.2, -0.15) is 0 Å². The number of fused-ring (bicyclic) bond motifs is 1. The minimum Gasteiger partial charge on any atom is -0.452 e. The van der Waals surface area contributed by atoms with E-state index in [1.807, 2.05) is 24.3 Å². The van der Waals surface area contributed by atoms with E-state index in [-0.39, 0.29) is 23.0 Å². The van der Waals surface area contributed by atoms with Crippen LogP contribution in [0, 0.1) is 0 Å². The number of nitrogens with zero attached hydrogens (tertiary/aromatic N) is 2. The summed E-state index contributed by atoms with van der Waals surface area (Å²) < 4.78 is 30.5. The van der Waals surface area contributed by atoms with E-state index in [0.717, 1.165) is 21.3 Å². The quantitative estimate of drug-likeness (QED) is 0.654. The van der Waals surface area contributed by atoms with Gasteiger partial charge in [0.15, 0.2) is 6.61 Å². The van der Waals surface area contributed by atoms with Gasteiger partial charge >= 0.3 is 5.97 Å². The Morgan fingerprint density at radius 1 is 1.13 bits per heavy atom. The summed E-state index contributed by atoms with van der Waals surface area (Å²) in [5.74, 6) is -0.972. The largest absolute Gasteiger partial charge is 0.452 e. The summed E-state index contributed by atoms with van der Waals surface area (Å²) >= 11 is 1.73. The number of sulfonamides is 1. The molecule has 0 aromatic heterocycles. The average molecular weight is 449 g/mol. The molecule has 2 aromatic carbocycles. The first-order valence-corrected chi connectivity index (χ1v) is 11.8. The minimum absolute atomic E-state index is 0.0768. The zero-order valence-electron chi connectivity index (χ0n) is 17.1. The highest BCUT2D eigenvalue weighted by Crippen LogP contribution is 2.37. The molecule has 0 unspecified atom stereocenters. The minimum atomic E-state index is -3.58. The Morgan fingerprint density at radius 2 is 1.80 bits per heavy atom. The number of amides is 1. The maximum atomic E-state index is 12.8. The molecule has 1 heterocycles. The van der Waals surface area contributed by atoms with E-state index in [0.29, 0.717) is 11.8 Å². The molecule has 1 aliphatic heterocycles. The highest BCUT2D eigenvalue weighted by molar-refractivity contribution is 8.00. The molecule has 0 spiro atoms. The van der Waals surface area contributed by atoms with Gasteiger partial charge in [-0.15, -0.1) is 11.8 Å². The lowest BCUT2D eigenvalue weighted by Gasteiger charge is -2.22. The van der Waals surface area contributed by atoms with Crippen molar-refractivity contribution in [2.75, 3.05) is 32.1 Å². The van der Waals surface area contributed by atoms with Gasteiger partial charge in [-0.25, -0.2) is 17.5 Å². The Labute approximate surface area is 181 Å². The molecule has 1 aliphatic rings. The predicted molar refractivity (Wildman–Crippen MR) is 116 cm³/mol. The van der Waals surface area contributed by atoms with Crippen LogP contribution in [0.5, 0.6) is 0 Å². The van der Waals surface area contributed by atoms with Crippen LogP contribution in [-0.2, 0) is 19.6 Å². The van der Waals surface area contributed by atoms with E-state index < -0.39 is 16.0 Å². The van der Waals surface area contributed by atoms with Crippen molar-refractivity contribution in [1.29, 1.82) is 0 Å². The fourth-order valence-corrected chi connectivity index (χ4v) is 5.02. The van der Waals surface area contributed by atoms with Gasteiger partial charge in [0, 0.05) is 30.8 Å². The zero-order valence-corrected chi connectivity index (χ0v) is 18.7. The maximum Gasteiger partial charge on any atom is 0.338 e. The van der Waals surface area contributed by atoms with Crippen molar-refractivity contribution in [2.45, 2.75) is 28.4 Å². The van der Waals surface area contributed by atoms with Crippen LogP contribution in [0.25, 0.3) is 0 Å². The van der Waals surface area contributed by atoms with E-state index in [1.54, 1.807) is 16.7 Å². The lowest BCUT2D eigenvalue weighted by atomic mass is 10.2. The highest BCUT2D eigenvalue weighted by Gasteiger charge is 2.25. The van der Waals surface area contributed by atoms with Crippen LogP contribution in [0.2, 0.25) is 0 Å². The second-order valence-corrected chi connectivity index (χ2v) is 10.8. The van der Waals surface area contributed by atoms with E-state index in [4.69, 9.17) is 4.74 Å². The summed E-state index contributed by atoms with van der Waals surface area (Å²) in [4.78, 5) is 27.9. The number of hydrogen-bond donors (Lipinski definition) is 0. The Morgan fingerprint density at radius 3 is 2.47 bits per heavy atom. The molecule has 2 aromatic rings. The number of carbonyl (C=O) groups excluding carboxylic acids is 2. The van der Waals surface area contributed by atoms with Crippen LogP contribution in [0.3, 0.4) is 0 Å². The van der Waals surface area contributed by atoms with Gasteiger partial charge in [-0.1, -0.05) is 19.1 Å². The van der Waals surface area contributed by atoms with Crippen molar-refractivity contribution in [1.82, 2.24) is 4.31 Å². The second kappa shape index (κ2) is 9.20. The molecule has 1 atom stereocenters. The molecule has 0 aliphatic carbocycles. The number of rotatable bonds is 5. The molecular formula is C21H24N2O5S2. The number of hydrogen-bond acceptors (Lipinski definition) is 6. The lowest BCUT2D eigenvalue weighted by molar-refractivity contribution is -0.121. The van der Waals surface area contributed by atoms with Crippen LogP contribution >= 0.6 is 11.8 Å². The highest BCUT2D eigenvalue weighted by atomic mass is 32.2. The Hall–Kier alpha value is -2.36. The van der Waals surface area contributed by atoms with Crippen LogP contribution in [-0.4, -0.2) is 57.1 Å². The number of anilines is 1. The second-order valence-electron chi connectivity index (χ2n) is 7.12. The number of para-hydroxylation sites is 1. The fourth-order valence-electron chi connectivity index (χ4n) is 3.01. The first-order valence-electron chi connectivity index (χ1n) is 9.46. The van der Waals surface area contributed by atoms with Crippen LogP contribution in [0.4, 0.5) is 5.69 Å². The van der Waals surface area contributed by atoms with Gasteiger partial charge < -0.3 is 9.64 Å². The number of thioether (sulfide) groups is 1. The van der Waals surface area contributed by atoms with Crippen LogP contribution in [0.1, 0.15) is 23.7 Å². The SMILES string of the molecule is C[C@H]1CCN(C(=O)COC(=O)c2ccc(S(=O)(=O)N(C)C)cc2)c2ccccc2S1. The van der Waals surface area contributed by atoms with Gasteiger partial charge in [0.2, 0.25) is 10.0 Å². The summed E-state index contributed by atoms with van der Waals surface area (Å²) in [6, 6.07) is 13.1. The van der Waals surface area contributed by atoms with Crippen LogP contribution < -0.4 is 4.90 Å². The Bertz CT molecular complexity index is 1040. The first-order chi connectivity index (χ1) is 14.2. The van der Waals surface area contributed by atoms with Gasteiger partial charge in [0.25, 0.3) is 5.91 Å². The molecule has 30 heavy (non-hydrogen) atoms. The maximum absolute atomic E-state index is 12.8. The summed E-state index contributed by atoms with van der Waals surface area (Å²) in [6.45, 7) is 2.29. The smallest absolute Gasteiger partial charge is 0.338 e. The fraction of sp³-hybridized carbons (Fsp3) is 0.333. The Balaban J connectivity index is 1.67. The molecule has 0 N–H and O–H groups in total.